The van der Waals surface area contributed by atoms with Crippen molar-refractivity contribution in [2.45, 2.75) is 19.3 Å². The molecule has 0 atom stereocenters. The van der Waals surface area contributed by atoms with Crippen molar-refractivity contribution in [3.63, 3.8) is 0 Å². The lowest BCUT2D eigenvalue weighted by Crippen LogP contribution is -2.37. The SMILES string of the molecule is NNC(=O)OC(COCc1ccccc1)COCc1ccccc1. The maximum Gasteiger partial charge on any atom is 0.421 e. The zero-order chi connectivity index (χ0) is 17.0. The zero-order valence-electron chi connectivity index (χ0n) is 13.4. The van der Waals surface area contributed by atoms with Gasteiger partial charge in [-0.15, -0.1) is 0 Å². The van der Waals surface area contributed by atoms with Crippen molar-refractivity contribution >= 4 is 6.09 Å². The Bertz CT molecular complexity index is 547. The Morgan fingerprint density at radius 1 is 0.875 bits per heavy atom. The van der Waals surface area contributed by atoms with Gasteiger partial charge in [0, 0.05) is 0 Å². The molecule has 0 heterocycles. The van der Waals surface area contributed by atoms with E-state index in [-0.39, 0.29) is 13.2 Å². The third-order valence-electron chi connectivity index (χ3n) is 3.22. The van der Waals surface area contributed by atoms with Gasteiger partial charge in [-0.25, -0.2) is 10.6 Å². The molecule has 0 unspecified atom stereocenters. The predicted octanol–water partition coefficient (Wildman–Crippen LogP) is 2.39. The Labute approximate surface area is 141 Å². The highest BCUT2D eigenvalue weighted by Crippen LogP contribution is 2.05. The number of nitrogens with two attached hydrogens (primary N) is 1. The van der Waals surface area contributed by atoms with E-state index >= 15 is 0 Å². The van der Waals surface area contributed by atoms with Gasteiger partial charge in [0.1, 0.15) is 0 Å². The van der Waals surface area contributed by atoms with Crippen LogP contribution < -0.4 is 11.3 Å². The van der Waals surface area contributed by atoms with Crippen LogP contribution in [-0.4, -0.2) is 25.4 Å². The van der Waals surface area contributed by atoms with Gasteiger partial charge >= 0.3 is 6.09 Å². The number of benzene rings is 2. The van der Waals surface area contributed by atoms with Crippen LogP contribution in [0.3, 0.4) is 0 Å². The summed E-state index contributed by atoms with van der Waals surface area (Å²) in [5.74, 6) is 5.05. The van der Waals surface area contributed by atoms with Crippen molar-refractivity contribution in [3.05, 3.63) is 71.8 Å². The van der Waals surface area contributed by atoms with Crippen molar-refractivity contribution in [2.75, 3.05) is 13.2 Å². The van der Waals surface area contributed by atoms with Crippen molar-refractivity contribution in [1.82, 2.24) is 5.43 Å². The molecule has 0 aliphatic rings. The van der Waals surface area contributed by atoms with Crippen LogP contribution in [0, 0.1) is 0 Å². The summed E-state index contributed by atoms with van der Waals surface area (Å²) in [5.41, 5.74) is 4.03. The number of hydrogen-bond donors (Lipinski definition) is 2. The van der Waals surface area contributed by atoms with Crippen LogP contribution in [0.5, 0.6) is 0 Å². The standard InChI is InChI=1S/C18H22N2O4/c19-20-18(21)24-17(13-22-11-15-7-3-1-4-8-15)14-23-12-16-9-5-2-6-10-16/h1-10,17H,11-14,19H2,(H,20,21). The highest BCUT2D eigenvalue weighted by molar-refractivity contribution is 5.66. The Balaban J connectivity index is 1.76. The van der Waals surface area contributed by atoms with E-state index in [2.05, 4.69) is 0 Å². The molecule has 0 aliphatic carbocycles. The fraction of sp³-hybridized carbons (Fsp3) is 0.278. The molecule has 0 fully saturated rings. The van der Waals surface area contributed by atoms with Crippen molar-refractivity contribution in [3.8, 4) is 0 Å². The van der Waals surface area contributed by atoms with Crippen LogP contribution in [0.25, 0.3) is 0 Å². The molecule has 2 aromatic rings. The number of carbonyl (C=O) groups is 1. The fourth-order valence-electron chi connectivity index (χ4n) is 2.07. The number of amides is 1. The van der Waals surface area contributed by atoms with Crippen molar-refractivity contribution in [2.24, 2.45) is 5.84 Å². The smallest absolute Gasteiger partial charge is 0.421 e. The first-order valence-electron chi connectivity index (χ1n) is 7.68. The van der Waals surface area contributed by atoms with Gasteiger partial charge in [-0.1, -0.05) is 60.7 Å². The summed E-state index contributed by atoms with van der Waals surface area (Å²) in [6, 6.07) is 19.5. The maximum atomic E-state index is 11.3. The molecule has 128 valence electrons. The second-order valence-electron chi connectivity index (χ2n) is 5.17. The third kappa shape index (κ3) is 6.78. The highest BCUT2D eigenvalue weighted by atomic mass is 16.6. The number of hydrogen-bond acceptors (Lipinski definition) is 5. The van der Waals surface area contributed by atoms with E-state index in [4.69, 9.17) is 20.1 Å². The molecule has 0 saturated carbocycles. The van der Waals surface area contributed by atoms with Gasteiger partial charge in [0.25, 0.3) is 0 Å². The van der Waals surface area contributed by atoms with Crippen LogP contribution in [0.15, 0.2) is 60.7 Å². The summed E-state index contributed by atoms with van der Waals surface area (Å²) in [4.78, 5) is 11.3. The number of rotatable bonds is 9. The molecule has 0 bridgehead atoms. The first kappa shape index (κ1) is 17.9. The Morgan fingerprint density at radius 3 is 1.75 bits per heavy atom. The lowest BCUT2D eigenvalue weighted by Gasteiger charge is -2.18. The molecule has 24 heavy (non-hydrogen) atoms. The molecule has 0 radical (unpaired) electrons. The van der Waals surface area contributed by atoms with Gasteiger partial charge in [0.2, 0.25) is 0 Å². The van der Waals surface area contributed by atoms with Gasteiger partial charge < -0.3 is 14.2 Å². The fourth-order valence-corrected chi connectivity index (χ4v) is 2.07. The van der Waals surface area contributed by atoms with Crippen LogP contribution in [0.1, 0.15) is 11.1 Å². The molecule has 2 aromatic carbocycles. The topological polar surface area (TPSA) is 82.8 Å². The van der Waals surface area contributed by atoms with E-state index in [1.165, 1.54) is 0 Å². The number of hydrazine groups is 1. The number of nitrogens with one attached hydrogen (secondary N) is 1. The molecule has 2 rings (SSSR count). The molecule has 0 spiro atoms. The van der Waals surface area contributed by atoms with Crippen molar-refractivity contribution < 1.29 is 19.0 Å². The van der Waals surface area contributed by atoms with E-state index in [1.54, 1.807) is 0 Å². The van der Waals surface area contributed by atoms with Gasteiger partial charge in [0.15, 0.2) is 6.10 Å². The minimum atomic E-state index is -0.716. The predicted molar refractivity (Wildman–Crippen MR) is 89.8 cm³/mol. The normalized spacial score (nSPS) is 10.6. The van der Waals surface area contributed by atoms with E-state index < -0.39 is 12.2 Å². The van der Waals surface area contributed by atoms with Crippen molar-refractivity contribution in [1.29, 1.82) is 0 Å². The van der Waals surface area contributed by atoms with Gasteiger partial charge in [-0.05, 0) is 11.1 Å². The van der Waals surface area contributed by atoms with Crippen LogP contribution in [-0.2, 0) is 27.4 Å². The first-order valence-corrected chi connectivity index (χ1v) is 7.68. The first-order chi connectivity index (χ1) is 11.8. The lowest BCUT2D eigenvalue weighted by atomic mass is 10.2. The Hall–Kier alpha value is -2.41. The van der Waals surface area contributed by atoms with E-state index in [9.17, 15) is 4.79 Å². The van der Waals surface area contributed by atoms with E-state index in [0.717, 1.165) is 11.1 Å². The molecule has 0 aromatic heterocycles. The summed E-state index contributed by atoms with van der Waals surface area (Å²) in [5, 5.41) is 0. The average molecular weight is 330 g/mol. The van der Waals surface area contributed by atoms with Crippen LogP contribution in [0.4, 0.5) is 4.79 Å². The monoisotopic (exact) mass is 330 g/mol. The second-order valence-corrected chi connectivity index (χ2v) is 5.17. The molecule has 1 amide bonds. The number of carbonyl (C=O) groups excluding carboxylic acids is 1. The van der Waals surface area contributed by atoms with Gasteiger partial charge in [-0.2, -0.15) is 0 Å². The molecule has 0 saturated heterocycles. The lowest BCUT2D eigenvalue weighted by molar-refractivity contribution is -0.0358. The Kier molecular flexibility index (Phi) is 7.76. The summed E-state index contributed by atoms with van der Waals surface area (Å²) in [7, 11) is 0. The largest absolute Gasteiger partial charge is 0.440 e. The molecular formula is C18H22N2O4. The summed E-state index contributed by atoms with van der Waals surface area (Å²) in [6.07, 6.45) is -1.26. The molecule has 6 heteroatoms. The molecule has 3 N–H and O–H groups in total. The third-order valence-corrected chi connectivity index (χ3v) is 3.22. The quantitative estimate of drug-likeness (QED) is 0.419. The summed E-state index contributed by atoms with van der Waals surface area (Å²) >= 11 is 0. The van der Waals surface area contributed by atoms with E-state index in [0.29, 0.717) is 13.2 Å². The average Bonchev–Trinajstić information content (AvgIpc) is 2.63. The van der Waals surface area contributed by atoms with Gasteiger partial charge in [-0.3, -0.25) is 5.43 Å². The van der Waals surface area contributed by atoms with Gasteiger partial charge in [0.05, 0.1) is 26.4 Å². The molecular weight excluding hydrogens is 308 g/mol. The summed E-state index contributed by atoms with van der Waals surface area (Å²) in [6.45, 7) is 1.31. The minimum Gasteiger partial charge on any atom is -0.440 e. The maximum absolute atomic E-state index is 11.3. The number of ether oxygens (including phenoxy) is 3. The summed E-state index contributed by atoms with van der Waals surface area (Å²) < 4.78 is 16.4. The molecule has 6 nitrogen and oxygen atoms in total. The minimum absolute atomic E-state index is 0.219. The Morgan fingerprint density at radius 2 is 1.33 bits per heavy atom. The van der Waals surface area contributed by atoms with Crippen LogP contribution in [0.2, 0.25) is 0 Å². The second kappa shape index (κ2) is 10.4. The van der Waals surface area contributed by atoms with E-state index in [1.807, 2.05) is 66.1 Å². The van der Waals surface area contributed by atoms with Crippen LogP contribution >= 0.6 is 0 Å². The zero-order valence-corrected chi connectivity index (χ0v) is 13.4. The molecule has 0 aliphatic heterocycles. The highest BCUT2D eigenvalue weighted by Gasteiger charge is 2.15.